The van der Waals surface area contributed by atoms with Crippen LogP contribution in [-0.2, 0) is 7.05 Å². The Morgan fingerprint density at radius 1 is 1.60 bits per heavy atom. The average Bonchev–Trinajstić information content (AvgIpc) is 2.43. The van der Waals surface area contributed by atoms with Crippen LogP contribution in [0.1, 0.15) is 19.5 Å². The molecule has 6 heteroatoms. The number of hydrogen-bond acceptors (Lipinski definition) is 3. The number of anilines is 1. The predicted octanol–water partition coefficient (Wildman–Crippen LogP) is 0.368. The van der Waals surface area contributed by atoms with Crippen LogP contribution in [0.15, 0.2) is 11.2 Å². The Bertz CT molecular complexity index is 351. The fraction of sp³-hybridized carbons (Fsp3) is 0.556. The van der Waals surface area contributed by atoms with Crippen molar-refractivity contribution < 1.29 is 0 Å². The zero-order valence-electron chi connectivity index (χ0n) is 9.57. The number of aromatic nitrogens is 2. The van der Waals surface area contributed by atoms with Crippen LogP contribution in [0.3, 0.4) is 0 Å². The summed E-state index contributed by atoms with van der Waals surface area (Å²) < 4.78 is 1.74. The molecule has 0 amide bonds. The van der Waals surface area contributed by atoms with Crippen LogP contribution in [0, 0.1) is 6.92 Å². The van der Waals surface area contributed by atoms with E-state index in [2.05, 4.69) is 20.8 Å². The monoisotopic (exact) mass is 210 g/mol. The topological polar surface area (TPSA) is 80.3 Å². The minimum absolute atomic E-state index is 0.181. The summed E-state index contributed by atoms with van der Waals surface area (Å²) in [4.78, 5) is 4.27. The molecule has 0 saturated carbocycles. The number of aliphatic imine (C=N–C) groups is 1. The first-order valence-electron chi connectivity index (χ1n) is 4.84. The van der Waals surface area contributed by atoms with Gasteiger partial charge in [-0.3, -0.25) is 10.1 Å². The number of aryl methyl sites for hydroxylation is 2. The smallest absolute Gasteiger partial charge is 0.210 e. The van der Waals surface area contributed by atoms with Crippen molar-refractivity contribution >= 4 is 11.6 Å². The summed E-state index contributed by atoms with van der Waals surface area (Å²) in [6, 6.07) is 0.181. The van der Waals surface area contributed by atoms with Crippen molar-refractivity contribution in [2.75, 3.05) is 5.32 Å². The van der Waals surface area contributed by atoms with Gasteiger partial charge in [0.2, 0.25) is 5.96 Å². The fourth-order valence-corrected chi connectivity index (χ4v) is 1.21. The maximum absolute atomic E-state index is 5.36. The maximum Gasteiger partial charge on any atom is 0.210 e. The average molecular weight is 210 g/mol. The molecule has 15 heavy (non-hydrogen) atoms. The summed E-state index contributed by atoms with van der Waals surface area (Å²) in [7, 11) is 1.87. The van der Waals surface area contributed by atoms with E-state index in [0.29, 0.717) is 5.96 Å². The van der Waals surface area contributed by atoms with Gasteiger partial charge < -0.3 is 5.32 Å². The highest BCUT2D eigenvalue weighted by Gasteiger charge is 2.05. The van der Waals surface area contributed by atoms with Gasteiger partial charge in [0, 0.05) is 19.3 Å². The highest BCUT2D eigenvalue weighted by molar-refractivity contribution is 5.93. The van der Waals surface area contributed by atoms with Gasteiger partial charge in [0.1, 0.15) is 0 Å². The van der Waals surface area contributed by atoms with Gasteiger partial charge in [-0.05, 0) is 20.8 Å². The van der Waals surface area contributed by atoms with E-state index in [0.717, 1.165) is 11.4 Å². The lowest BCUT2D eigenvalue weighted by molar-refractivity contribution is 0.756. The van der Waals surface area contributed by atoms with Gasteiger partial charge >= 0.3 is 0 Å². The van der Waals surface area contributed by atoms with Gasteiger partial charge in [-0.1, -0.05) is 0 Å². The molecule has 0 bridgehead atoms. The van der Waals surface area contributed by atoms with Crippen LogP contribution in [0.5, 0.6) is 0 Å². The molecule has 84 valence electrons. The molecule has 0 aliphatic rings. The zero-order valence-corrected chi connectivity index (χ0v) is 9.57. The van der Waals surface area contributed by atoms with Crippen molar-refractivity contribution in [1.82, 2.24) is 15.2 Å². The van der Waals surface area contributed by atoms with Gasteiger partial charge in [-0.2, -0.15) is 5.10 Å². The molecule has 4 N–H and O–H groups in total. The Balaban J connectivity index is 2.79. The number of nitrogens with zero attached hydrogens (tertiary/aromatic N) is 3. The number of guanidine groups is 1. The van der Waals surface area contributed by atoms with Crippen molar-refractivity contribution in [1.29, 1.82) is 0 Å². The second kappa shape index (κ2) is 4.79. The lowest BCUT2D eigenvalue weighted by Crippen LogP contribution is -2.37. The molecule has 0 aliphatic heterocycles. The SMILES string of the molecule is Cc1nn(C)cc1NC(=NC(C)C)NN. The minimum atomic E-state index is 0.181. The maximum atomic E-state index is 5.36. The molecule has 6 nitrogen and oxygen atoms in total. The highest BCUT2D eigenvalue weighted by Crippen LogP contribution is 2.10. The van der Waals surface area contributed by atoms with E-state index in [-0.39, 0.29) is 6.04 Å². The van der Waals surface area contributed by atoms with E-state index < -0.39 is 0 Å². The molecule has 1 aromatic rings. The third kappa shape index (κ3) is 3.25. The predicted molar refractivity (Wildman–Crippen MR) is 61.5 cm³/mol. The number of rotatable bonds is 2. The van der Waals surface area contributed by atoms with Crippen LogP contribution in [-0.4, -0.2) is 21.8 Å². The first-order valence-corrected chi connectivity index (χ1v) is 4.84. The van der Waals surface area contributed by atoms with E-state index in [9.17, 15) is 0 Å². The van der Waals surface area contributed by atoms with Crippen LogP contribution in [0.4, 0.5) is 5.69 Å². The molecule has 0 spiro atoms. The largest absolute Gasteiger partial charge is 0.322 e. The molecule has 0 aromatic carbocycles. The quantitative estimate of drug-likeness (QED) is 0.285. The number of nitrogens with one attached hydrogen (secondary N) is 2. The van der Waals surface area contributed by atoms with Crippen molar-refractivity contribution in [2.45, 2.75) is 26.8 Å². The van der Waals surface area contributed by atoms with E-state index in [4.69, 9.17) is 5.84 Å². The minimum Gasteiger partial charge on any atom is -0.322 e. The number of hydrazine groups is 1. The third-order valence-electron chi connectivity index (χ3n) is 1.79. The van der Waals surface area contributed by atoms with Crippen LogP contribution in [0.25, 0.3) is 0 Å². The lowest BCUT2D eigenvalue weighted by Gasteiger charge is -2.09. The molecular weight excluding hydrogens is 192 g/mol. The van der Waals surface area contributed by atoms with E-state index in [1.165, 1.54) is 0 Å². The lowest BCUT2D eigenvalue weighted by atomic mass is 10.4. The Hall–Kier alpha value is -1.56. The highest BCUT2D eigenvalue weighted by atomic mass is 15.3. The van der Waals surface area contributed by atoms with Crippen molar-refractivity contribution in [3.8, 4) is 0 Å². The van der Waals surface area contributed by atoms with Crippen molar-refractivity contribution in [3.05, 3.63) is 11.9 Å². The first kappa shape index (κ1) is 11.5. The Labute approximate surface area is 89.5 Å². The Kier molecular flexibility index (Phi) is 3.68. The number of hydrogen-bond donors (Lipinski definition) is 3. The van der Waals surface area contributed by atoms with Gasteiger partial charge in [0.05, 0.1) is 11.4 Å². The molecule has 0 unspecified atom stereocenters. The van der Waals surface area contributed by atoms with Gasteiger partial charge in [-0.15, -0.1) is 0 Å². The first-order chi connectivity index (χ1) is 7.02. The normalized spacial score (nSPS) is 12.0. The third-order valence-corrected chi connectivity index (χ3v) is 1.79. The molecule has 0 fully saturated rings. The summed E-state index contributed by atoms with van der Waals surface area (Å²) in [5.41, 5.74) is 4.32. The molecule has 0 aliphatic carbocycles. The fourth-order valence-electron chi connectivity index (χ4n) is 1.21. The molecule has 1 aromatic heterocycles. The Morgan fingerprint density at radius 3 is 2.67 bits per heavy atom. The summed E-state index contributed by atoms with van der Waals surface area (Å²) in [5, 5.41) is 7.29. The van der Waals surface area contributed by atoms with Crippen LogP contribution >= 0.6 is 0 Å². The summed E-state index contributed by atoms with van der Waals surface area (Å²) >= 11 is 0. The summed E-state index contributed by atoms with van der Waals surface area (Å²) in [6.07, 6.45) is 1.88. The molecule has 0 atom stereocenters. The van der Waals surface area contributed by atoms with Crippen LogP contribution < -0.4 is 16.6 Å². The second-order valence-electron chi connectivity index (χ2n) is 3.64. The van der Waals surface area contributed by atoms with Crippen molar-refractivity contribution in [2.24, 2.45) is 17.9 Å². The van der Waals surface area contributed by atoms with E-state index in [1.807, 2.05) is 34.0 Å². The Morgan fingerprint density at radius 2 is 2.27 bits per heavy atom. The molecule has 1 heterocycles. The van der Waals surface area contributed by atoms with Crippen LogP contribution in [0.2, 0.25) is 0 Å². The van der Waals surface area contributed by atoms with Gasteiger partial charge in [-0.25, -0.2) is 10.8 Å². The summed E-state index contributed by atoms with van der Waals surface area (Å²) in [5.74, 6) is 5.90. The van der Waals surface area contributed by atoms with E-state index >= 15 is 0 Å². The molecule has 0 radical (unpaired) electrons. The standard InChI is InChI=1S/C9H18N6/c1-6(2)11-9(13-10)12-8-5-15(4)14-7(8)3/h5-6H,10H2,1-4H3,(H2,11,12,13). The van der Waals surface area contributed by atoms with Gasteiger partial charge in [0.15, 0.2) is 0 Å². The van der Waals surface area contributed by atoms with E-state index in [1.54, 1.807) is 4.68 Å². The van der Waals surface area contributed by atoms with Gasteiger partial charge in [0.25, 0.3) is 0 Å². The summed E-state index contributed by atoms with van der Waals surface area (Å²) in [6.45, 7) is 5.89. The zero-order chi connectivity index (χ0) is 11.4. The molecule has 1 rings (SSSR count). The number of nitrogens with two attached hydrogens (primary N) is 1. The second-order valence-corrected chi connectivity index (χ2v) is 3.64. The molecular formula is C9H18N6. The molecule has 0 saturated heterocycles. The van der Waals surface area contributed by atoms with Crippen molar-refractivity contribution in [3.63, 3.8) is 0 Å².